The topological polar surface area (TPSA) is 87.1 Å². The van der Waals surface area contributed by atoms with E-state index >= 15 is 0 Å². The van der Waals surface area contributed by atoms with Crippen LogP contribution in [0.4, 0.5) is 0 Å². The van der Waals surface area contributed by atoms with E-state index in [-0.39, 0.29) is 0 Å². The van der Waals surface area contributed by atoms with Crippen molar-refractivity contribution in [1.82, 2.24) is 15.1 Å². The van der Waals surface area contributed by atoms with Crippen LogP contribution in [0.3, 0.4) is 0 Å². The van der Waals surface area contributed by atoms with Crippen molar-refractivity contribution in [3.63, 3.8) is 0 Å². The highest BCUT2D eigenvalue weighted by atomic mass is 16.5. The summed E-state index contributed by atoms with van der Waals surface area (Å²) in [6.45, 7) is 2.21. The Hall–Kier alpha value is -1.95. The lowest BCUT2D eigenvalue weighted by Crippen LogP contribution is -2.42. The molecule has 0 bridgehead atoms. The molecule has 6 nitrogen and oxygen atoms in total. The molecule has 2 N–H and O–H groups in total. The zero-order chi connectivity index (χ0) is 14.9. The number of nitrogens with zero attached hydrogens (tertiary/aromatic N) is 3. The normalized spacial score (nSPS) is 25.8. The Morgan fingerprint density at radius 1 is 1.48 bits per heavy atom. The molecule has 0 aromatic carbocycles. The summed E-state index contributed by atoms with van der Waals surface area (Å²) in [5.41, 5.74) is 6.70. The lowest BCUT2D eigenvalue weighted by atomic mass is 9.76. The number of aromatic nitrogens is 3. The third-order valence-electron chi connectivity index (χ3n) is 4.10. The highest BCUT2D eigenvalue weighted by Crippen LogP contribution is 2.37. The second-order valence-corrected chi connectivity index (χ2v) is 5.84. The van der Waals surface area contributed by atoms with Crippen molar-refractivity contribution in [3.8, 4) is 17.3 Å². The van der Waals surface area contributed by atoms with E-state index in [1.54, 1.807) is 13.3 Å². The Balaban J connectivity index is 1.93. The molecule has 112 valence electrons. The molecule has 0 saturated heterocycles. The van der Waals surface area contributed by atoms with E-state index in [1.165, 1.54) is 6.42 Å². The molecule has 1 aliphatic rings. The van der Waals surface area contributed by atoms with Gasteiger partial charge in [-0.3, -0.25) is 0 Å². The first-order chi connectivity index (χ1) is 10.1. The quantitative estimate of drug-likeness (QED) is 0.933. The van der Waals surface area contributed by atoms with E-state index in [4.69, 9.17) is 15.0 Å². The summed E-state index contributed by atoms with van der Waals surface area (Å²) in [6.07, 6.45) is 5.74. The molecule has 21 heavy (non-hydrogen) atoms. The average molecular weight is 288 g/mol. The van der Waals surface area contributed by atoms with Crippen LogP contribution in [0.5, 0.6) is 5.88 Å². The summed E-state index contributed by atoms with van der Waals surface area (Å²) in [5.74, 6) is 2.03. The van der Waals surface area contributed by atoms with Crippen LogP contribution in [0.25, 0.3) is 11.5 Å². The van der Waals surface area contributed by atoms with Crippen LogP contribution in [0.2, 0.25) is 0 Å². The zero-order valence-corrected chi connectivity index (χ0v) is 12.4. The number of nitrogens with two attached hydrogens (primary N) is 1. The van der Waals surface area contributed by atoms with Gasteiger partial charge in [0.1, 0.15) is 5.56 Å². The van der Waals surface area contributed by atoms with Gasteiger partial charge in [-0.25, -0.2) is 4.98 Å². The van der Waals surface area contributed by atoms with Gasteiger partial charge in [-0.1, -0.05) is 24.9 Å². The lowest BCUT2D eigenvalue weighted by Gasteiger charge is -2.33. The van der Waals surface area contributed by atoms with Crippen LogP contribution in [-0.4, -0.2) is 22.2 Å². The summed E-state index contributed by atoms with van der Waals surface area (Å²) >= 11 is 0. The van der Waals surface area contributed by atoms with Crippen molar-refractivity contribution in [1.29, 1.82) is 0 Å². The molecule has 0 spiro atoms. The van der Waals surface area contributed by atoms with Crippen LogP contribution in [0.15, 0.2) is 22.9 Å². The summed E-state index contributed by atoms with van der Waals surface area (Å²) in [6, 6.07) is 3.65. The maximum Gasteiger partial charge on any atom is 0.263 e. The number of ether oxygens (including phenoxy) is 1. The van der Waals surface area contributed by atoms with Gasteiger partial charge in [0.15, 0.2) is 5.82 Å². The van der Waals surface area contributed by atoms with Gasteiger partial charge in [0.05, 0.1) is 12.6 Å². The monoisotopic (exact) mass is 288 g/mol. The fourth-order valence-electron chi connectivity index (χ4n) is 3.05. The number of hydrogen-bond donors (Lipinski definition) is 1. The van der Waals surface area contributed by atoms with Gasteiger partial charge in [-0.2, -0.15) is 4.98 Å². The predicted octanol–water partition coefficient (Wildman–Crippen LogP) is 2.50. The third kappa shape index (κ3) is 2.63. The summed E-state index contributed by atoms with van der Waals surface area (Å²) in [7, 11) is 1.57. The highest BCUT2D eigenvalue weighted by molar-refractivity contribution is 5.59. The molecule has 0 amide bonds. The Kier molecular flexibility index (Phi) is 3.63. The minimum Gasteiger partial charge on any atom is -0.480 e. The average Bonchev–Trinajstić information content (AvgIpc) is 2.97. The Morgan fingerprint density at radius 3 is 3.10 bits per heavy atom. The molecule has 0 aliphatic heterocycles. The van der Waals surface area contributed by atoms with Crippen LogP contribution in [0.1, 0.15) is 38.4 Å². The highest BCUT2D eigenvalue weighted by Gasteiger charge is 2.37. The van der Waals surface area contributed by atoms with Gasteiger partial charge in [0.25, 0.3) is 5.89 Å². The number of rotatable bonds is 3. The van der Waals surface area contributed by atoms with Crippen molar-refractivity contribution in [3.05, 3.63) is 24.2 Å². The number of pyridine rings is 1. The fraction of sp³-hybridized carbons (Fsp3) is 0.533. The molecule has 2 atom stereocenters. The molecule has 1 aliphatic carbocycles. The third-order valence-corrected chi connectivity index (χ3v) is 4.10. The minimum atomic E-state index is -0.491. The molecule has 2 aromatic heterocycles. The first-order valence-electron chi connectivity index (χ1n) is 7.25. The van der Waals surface area contributed by atoms with Crippen molar-refractivity contribution < 1.29 is 9.26 Å². The SMILES string of the molecule is COc1ncccc1-c1nc(C2(N)CCCC(C)C2)no1. The van der Waals surface area contributed by atoms with E-state index < -0.39 is 5.54 Å². The molecule has 1 saturated carbocycles. The van der Waals surface area contributed by atoms with E-state index in [1.807, 2.05) is 12.1 Å². The Labute approximate surface area is 123 Å². The van der Waals surface area contributed by atoms with Gasteiger partial charge in [-0.05, 0) is 30.9 Å². The first-order valence-corrected chi connectivity index (χ1v) is 7.25. The molecule has 0 radical (unpaired) electrons. The smallest absolute Gasteiger partial charge is 0.263 e. The molecule has 3 rings (SSSR count). The van der Waals surface area contributed by atoms with E-state index in [0.29, 0.717) is 29.1 Å². The molecule has 2 heterocycles. The van der Waals surface area contributed by atoms with Crippen LogP contribution < -0.4 is 10.5 Å². The van der Waals surface area contributed by atoms with Crippen molar-refractivity contribution in [2.45, 2.75) is 38.1 Å². The molecule has 1 fully saturated rings. The number of hydrogen-bond acceptors (Lipinski definition) is 6. The van der Waals surface area contributed by atoms with Crippen molar-refractivity contribution in [2.75, 3.05) is 7.11 Å². The summed E-state index contributed by atoms with van der Waals surface area (Å²) in [5, 5.41) is 4.10. The van der Waals surface area contributed by atoms with Gasteiger partial charge in [0, 0.05) is 6.20 Å². The molecular formula is C15H20N4O2. The van der Waals surface area contributed by atoms with Crippen LogP contribution in [-0.2, 0) is 5.54 Å². The standard InChI is InChI=1S/C15H20N4O2/c1-10-5-3-7-15(16,9-10)14-18-13(21-19-14)11-6-4-8-17-12(11)20-2/h4,6,8,10H,3,5,7,9,16H2,1-2H3. The second kappa shape index (κ2) is 5.44. The molecule has 2 unspecified atom stereocenters. The van der Waals surface area contributed by atoms with E-state index in [0.717, 1.165) is 19.3 Å². The summed E-state index contributed by atoms with van der Waals surface area (Å²) in [4.78, 5) is 8.64. The van der Waals surface area contributed by atoms with Crippen LogP contribution in [0, 0.1) is 5.92 Å². The van der Waals surface area contributed by atoms with E-state index in [9.17, 15) is 0 Å². The minimum absolute atomic E-state index is 0.401. The van der Waals surface area contributed by atoms with Gasteiger partial charge in [-0.15, -0.1) is 0 Å². The molecule has 6 heteroatoms. The number of methoxy groups -OCH3 is 1. The van der Waals surface area contributed by atoms with Gasteiger partial charge < -0.3 is 15.0 Å². The maximum atomic E-state index is 6.50. The lowest BCUT2D eigenvalue weighted by molar-refractivity contribution is 0.222. The zero-order valence-electron chi connectivity index (χ0n) is 12.4. The predicted molar refractivity (Wildman–Crippen MR) is 77.6 cm³/mol. The van der Waals surface area contributed by atoms with Crippen molar-refractivity contribution in [2.24, 2.45) is 11.7 Å². The van der Waals surface area contributed by atoms with Gasteiger partial charge >= 0.3 is 0 Å². The summed E-state index contributed by atoms with van der Waals surface area (Å²) < 4.78 is 10.6. The molecular weight excluding hydrogens is 268 g/mol. The Morgan fingerprint density at radius 2 is 2.33 bits per heavy atom. The largest absolute Gasteiger partial charge is 0.480 e. The Bertz CT molecular complexity index is 628. The first kappa shape index (κ1) is 14.0. The van der Waals surface area contributed by atoms with E-state index in [2.05, 4.69) is 22.0 Å². The fourth-order valence-corrected chi connectivity index (χ4v) is 3.05. The van der Waals surface area contributed by atoms with Crippen LogP contribution >= 0.6 is 0 Å². The maximum absolute atomic E-state index is 6.50. The molecule has 2 aromatic rings. The van der Waals surface area contributed by atoms with Crippen molar-refractivity contribution >= 4 is 0 Å². The van der Waals surface area contributed by atoms with Gasteiger partial charge in [0.2, 0.25) is 5.88 Å². The second-order valence-electron chi connectivity index (χ2n) is 5.84.